The van der Waals surface area contributed by atoms with Crippen LogP contribution in [0.25, 0.3) is 10.9 Å². The summed E-state index contributed by atoms with van der Waals surface area (Å²) in [5.74, 6) is -1.09. The SMILES string of the molecule is COc1ccc([C@@H](c2cnn(C)c2)c2nc(N[C@H]3CCO[C@H](CO)C3)nc3cc(C(N)=O)ccc23)cc1F. The molecule has 2 aromatic heterocycles. The summed E-state index contributed by atoms with van der Waals surface area (Å²) in [4.78, 5) is 21.6. The number of aryl methyl sites for hydroxylation is 1. The molecule has 198 valence electrons. The van der Waals surface area contributed by atoms with Gasteiger partial charge in [-0.05, 0) is 42.7 Å². The van der Waals surface area contributed by atoms with Crippen LogP contribution in [0.5, 0.6) is 5.75 Å². The topological polar surface area (TPSA) is 137 Å². The summed E-state index contributed by atoms with van der Waals surface area (Å²) in [6, 6.07) is 9.79. The first-order valence-electron chi connectivity index (χ1n) is 12.3. The molecule has 10 nitrogen and oxygen atoms in total. The van der Waals surface area contributed by atoms with E-state index in [1.54, 1.807) is 41.2 Å². The number of ether oxygens (including phenoxy) is 2. The molecule has 38 heavy (non-hydrogen) atoms. The zero-order valence-electron chi connectivity index (χ0n) is 21.1. The van der Waals surface area contributed by atoms with Crippen molar-refractivity contribution in [3.05, 3.63) is 77.0 Å². The van der Waals surface area contributed by atoms with Gasteiger partial charge in [0.1, 0.15) is 0 Å². The summed E-state index contributed by atoms with van der Waals surface area (Å²) < 4.78 is 27.3. The molecule has 4 aromatic rings. The van der Waals surface area contributed by atoms with E-state index in [9.17, 15) is 14.3 Å². The van der Waals surface area contributed by atoms with Crippen LogP contribution in [0, 0.1) is 5.82 Å². The molecule has 1 aliphatic heterocycles. The number of fused-ring (bicyclic) bond motifs is 1. The zero-order chi connectivity index (χ0) is 26.8. The number of halogens is 1. The van der Waals surface area contributed by atoms with Crippen LogP contribution in [-0.2, 0) is 11.8 Å². The van der Waals surface area contributed by atoms with Crippen LogP contribution in [0.4, 0.5) is 10.3 Å². The Balaban J connectivity index is 1.68. The van der Waals surface area contributed by atoms with Crippen molar-refractivity contribution in [1.82, 2.24) is 19.7 Å². The van der Waals surface area contributed by atoms with Crippen molar-refractivity contribution >= 4 is 22.8 Å². The summed E-state index contributed by atoms with van der Waals surface area (Å²) >= 11 is 0. The van der Waals surface area contributed by atoms with Crippen LogP contribution in [0.2, 0.25) is 0 Å². The van der Waals surface area contributed by atoms with Crippen molar-refractivity contribution in [2.75, 3.05) is 25.6 Å². The lowest BCUT2D eigenvalue weighted by Crippen LogP contribution is -2.36. The molecule has 1 aliphatic rings. The van der Waals surface area contributed by atoms with Gasteiger partial charge in [0.05, 0.1) is 43.1 Å². The number of methoxy groups -OCH3 is 1. The zero-order valence-corrected chi connectivity index (χ0v) is 21.1. The van der Waals surface area contributed by atoms with Crippen molar-refractivity contribution in [2.24, 2.45) is 12.8 Å². The van der Waals surface area contributed by atoms with Gasteiger partial charge >= 0.3 is 0 Å². The number of aliphatic hydroxyl groups excluding tert-OH is 1. The van der Waals surface area contributed by atoms with Gasteiger partial charge in [0.25, 0.3) is 0 Å². The quantitative estimate of drug-likeness (QED) is 0.323. The van der Waals surface area contributed by atoms with Crippen LogP contribution in [0.15, 0.2) is 48.8 Å². The summed E-state index contributed by atoms with van der Waals surface area (Å²) in [5.41, 5.74) is 8.43. The highest BCUT2D eigenvalue weighted by Gasteiger charge is 2.27. The highest BCUT2D eigenvalue weighted by atomic mass is 19.1. The standard InChI is InChI=1S/C27H29FN6O4/c1-34-13-17(12-30-34)24(15-4-6-23(37-2)21(28)9-15)25-20-5-3-16(26(29)36)10-22(20)32-27(33-25)31-18-7-8-38-19(11-18)14-35/h3-6,9-10,12-13,18-19,24,35H,7-8,11,14H2,1-2H3,(H2,29,36)(H,31,32,33)/t18-,19-,24-/m0/s1. The predicted molar refractivity (Wildman–Crippen MR) is 139 cm³/mol. The number of aliphatic hydroxyl groups is 1. The molecule has 1 saturated heterocycles. The van der Waals surface area contributed by atoms with Crippen LogP contribution in [-0.4, -0.2) is 63.2 Å². The lowest BCUT2D eigenvalue weighted by molar-refractivity contribution is -0.0213. The largest absolute Gasteiger partial charge is 0.494 e. The molecular formula is C27H29FN6O4. The molecule has 1 fully saturated rings. The molecule has 3 heterocycles. The Bertz CT molecular complexity index is 1480. The number of primary amides is 1. The molecule has 0 radical (unpaired) electrons. The molecule has 0 saturated carbocycles. The molecule has 3 atom stereocenters. The van der Waals surface area contributed by atoms with E-state index in [-0.39, 0.29) is 24.5 Å². The molecule has 4 N–H and O–H groups in total. The average Bonchev–Trinajstić information content (AvgIpc) is 3.34. The molecule has 11 heteroatoms. The van der Waals surface area contributed by atoms with Crippen LogP contribution < -0.4 is 15.8 Å². The lowest BCUT2D eigenvalue weighted by Gasteiger charge is -2.29. The Kier molecular flexibility index (Phi) is 7.21. The van der Waals surface area contributed by atoms with Gasteiger partial charge in [-0.2, -0.15) is 5.10 Å². The Labute approximate surface area is 218 Å². The van der Waals surface area contributed by atoms with Gasteiger partial charge in [0.15, 0.2) is 11.6 Å². The normalized spacial score (nSPS) is 18.3. The Hall–Kier alpha value is -4.09. The minimum Gasteiger partial charge on any atom is -0.494 e. The van der Waals surface area contributed by atoms with Gasteiger partial charge in [-0.15, -0.1) is 0 Å². The van der Waals surface area contributed by atoms with Crippen LogP contribution >= 0.6 is 0 Å². The number of benzene rings is 2. The minimum absolute atomic E-state index is 0.0270. The van der Waals surface area contributed by atoms with E-state index in [0.717, 1.165) is 5.56 Å². The van der Waals surface area contributed by atoms with E-state index < -0.39 is 17.6 Å². The monoisotopic (exact) mass is 520 g/mol. The number of carbonyl (C=O) groups is 1. The maximum absolute atomic E-state index is 14.9. The van der Waals surface area contributed by atoms with E-state index in [1.807, 2.05) is 13.2 Å². The molecule has 2 aromatic carbocycles. The first-order chi connectivity index (χ1) is 18.4. The molecule has 0 spiro atoms. The summed E-state index contributed by atoms with van der Waals surface area (Å²) in [5, 5.41) is 18.0. The summed E-state index contributed by atoms with van der Waals surface area (Å²) in [6.45, 7) is 0.425. The van der Waals surface area contributed by atoms with Crippen LogP contribution in [0.3, 0.4) is 0 Å². The second kappa shape index (κ2) is 10.7. The van der Waals surface area contributed by atoms with Gasteiger partial charge in [-0.1, -0.05) is 12.1 Å². The van der Waals surface area contributed by atoms with Gasteiger partial charge in [-0.3, -0.25) is 9.48 Å². The highest BCUT2D eigenvalue weighted by Crippen LogP contribution is 2.37. The Morgan fingerprint density at radius 3 is 2.82 bits per heavy atom. The van der Waals surface area contributed by atoms with E-state index in [0.29, 0.717) is 53.1 Å². The fourth-order valence-electron chi connectivity index (χ4n) is 4.87. The van der Waals surface area contributed by atoms with Gasteiger partial charge in [0.2, 0.25) is 11.9 Å². The molecule has 5 rings (SSSR count). The Morgan fingerprint density at radius 2 is 2.13 bits per heavy atom. The van der Waals surface area contributed by atoms with Crippen molar-refractivity contribution < 1.29 is 23.8 Å². The Morgan fingerprint density at radius 1 is 1.29 bits per heavy atom. The van der Waals surface area contributed by atoms with Crippen molar-refractivity contribution in [2.45, 2.75) is 30.9 Å². The number of aromatic nitrogens is 4. The maximum Gasteiger partial charge on any atom is 0.248 e. The number of carbonyl (C=O) groups excluding carboxylic acids is 1. The third-order valence-corrected chi connectivity index (χ3v) is 6.76. The van der Waals surface area contributed by atoms with Gasteiger partial charge in [-0.25, -0.2) is 14.4 Å². The van der Waals surface area contributed by atoms with Crippen molar-refractivity contribution in [3.8, 4) is 5.75 Å². The first kappa shape index (κ1) is 25.6. The fourth-order valence-corrected chi connectivity index (χ4v) is 4.87. The number of anilines is 1. The van der Waals surface area contributed by atoms with Crippen molar-refractivity contribution in [1.29, 1.82) is 0 Å². The smallest absolute Gasteiger partial charge is 0.248 e. The molecule has 0 aliphatic carbocycles. The molecular weight excluding hydrogens is 491 g/mol. The second-order valence-corrected chi connectivity index (χ2v) is 9.34. The van der Waals surface area contributed by atoms with Gasteiger partial charge < -0.3 is 25.6 Å². The first-order valence-corrected chi connectivity index (χ1v) is 12.3. The maximum atomic E-state index is 14.9. The fraction of sp³-hybridized carbons (Fsp3) is 0.333. The van der Waals surface area contributed by atoms with Crippen LogP contribution in [0.1, 0.15) is 45.9 Å². The number of amides is 1. The van der Waals surface area contributed by atoms with E-state index in [4.69, 9.17) is 25.2 Å². The summed E-state index contributed by atoms with van der Waals surface area (Å²) in [7, 11) is 3.22. The third-order valence-electron chi connectivity index (χ3n) is 6.76. The number of nitrogens with one attached hydrogen (secondary N) is 1. The second-order valence-electron chi connectivity index (χ2n) is 9.34. The average molecular weight is 521 g/mol. The number of nitrogens with two attached hydrogens (primary N) is 1. The number of hydrogen-bond acceptors (Lipinski definition) is 8. The predicted octanol–water partition coefficient (Wildman–Crippen LogP) is 2.74. The van der Waals surface area contributed by atoms with E-state index in [2.05, 4.69) is 10.4 Å². The van der Waals surface area contributed by atoms with Gasteiger partial charge in [0, 0.05) is 42.4 Å². The molecule has 1 amide bonds. The van der Waals surface area contributed by atoms with E-state index >= 15 is 0 Å². The minimum atomic E-state index is -0.571. The molecule has 0 bridgehead atoms. The number of rotatable bonds is 8. The number of hydrogen-bond donors (Lipinski definition) is 3. The van der Waals surface area contributed by atoms with Crippen molar-refractivity contribution in [3.63, 3.8) is 0 Å². The lowest BCUT2D eigenvalue weighted by atomic mass is 9.88. The summed E-state index contributed by atoms with van der Waals surface area (Å²) in [6.07, 6.45) is 4.61. The number of nitrogens with zero attached hydrogens (tertiary/aromatic N) is 4. The highest BCUT2D eigenvalue weighted by molar-refractivity contribution is 5.97. The third kappa shape index (κ3) is 5.15. The molecule has 0 unspecified atom stereocenters. The van der Waals surface area contributed by atoms with E-state index in [1.165, 1.54) is 13.2 Å².